The molecule has 1 fully saturated rings. The third kappa shape index (κ3) is 4.26. The van der Waals surface area contributed by atoms with Gasteiger partial charge >= 0.3 is 5.97 Å². The largest absolute Gasteiger partial charge is 0.459 e. The first-order chi connectivity index (χ1) is 8.94. The Labute approximate surface area is 122 Å². The molecule has 1 aliphatic rings. The van der Waals surface area contributed by atoms with E-state index in [2.05, 4.69) is 33.9 Å². The molecule has 4 nitrogen and oxygen atoms in total. The summed E-state index contributed by atoms with van der Waals surface area (Å²) in [6.45, 7) is 13.6. The van der Waals surface area contributed by atoms with E-state index in [1.807, 2.05) is 0 Å². The fraction of sp³-hybridized carbons (Fsp3) is 0.929. The average molecular weight is 306 g/mol. The normalized spacial score (nSPS) is 32.0. The molecule has 0 radical (unpaired) electrons. The first kappa shape index (κ1) is 17.6. The Hall–Kier alpha value is -0.463. The second-order valence-corrected chi connectivity index (χ2v) is 11.7. The van der Waals surface area contributed by atoms with Gasteiger partial charge in [0.05, 0.1) is 6.10 Å². The number of alkyl halides is 1. The lowest BCUT2D eigenvalue weighted by molar-refractivity contribution is -0.214. The van der Waals surface area contributed by atoms with Crippen LogP contribution < -0.4 is 0 Å². The van der Waals surface area contributed by atoms with Gasteiger partial charge in [0.15, 0.2) is 20.8 Å². The first-order valence-corrected chi connectivity index (χ1v) is 9.99. The van der Waals surface area contributed by atoms with Crippen LogP contribution in [0.1, 0.15) is 41.0 Å². The zero-order valence-electron chi connectivity index (χ0n) is 13.5. The van der Waals surface area contributed by atoms with Gasteiger partial charge in [-0.15, -0.1) is 0 Å². The van der Waals surface area contributed by atoms with Gasteiger partial charge in [0.1, 0.15) is 6.10 Å². The summed E-state index contributed by atoms with van der Waals surface area (Å²) in [5.74, 6) is -0.474. The molecular weight excluding hydrogens is 279 g/mol. The van der Waals surface area contributed by atoms with E-state index in [9.17, 15) is 9.18 Å². The third-order valence-corrected chi connectivity index (χ3v) is 8.61. The topological polar surface area (TPSA) is 44.8 Å². The lowest BCUT2D eigenvalue weighted by Gasteiger charge is -2.43. The minimum absolute atomic E-state index is 0.0447. The first-order valence-electron chi connectivity index (χ1n) is 7.08. The highest BCUT2D eigenvalue weighted by atomic mass is 28.4. The molecule has 4 atom stereocenters. The van der Waals surface area contributed by atoms with Crippen LogP contribution in [0.4, 0.5) is 4.39 Å². The molecule has 0 N–H and O–H groups in total. The summed E-state index contributed by atoms with van der Waals surface area (Å²) < 4.78 is 30.8. The lowest BCUT2D eigenvalue weighted by Crippen LogP contribution is -2.52. The van der Waals surface area contributed by atoms with Crippen LogP contribution in [-0.2, 0) is 18.7 Å². The Bertz CT molecular complexity index is 354. The minimum atomic E-state index is -2.00. The number of rotatable bonds is 3. The summed E-state index contributed by atoms with van der Waals surface area (Å²) in [5.41, 5.74) is 0. The molecule has 118 valence electrons. The van der Waals surface area contributed by atoms with Gasteiger partial charge in [-0.25, -0.2) is 4.39 Å². The van der Waals surface area contributed by atoms with Gasteiger partial charge in [-0.1, -0.05) is 20.8 Å². The number of ether oxygens (including phenoxy) is 2. The highest BCUT2D eigenvalue weighted by Crippen LogP contribution is 2.39. The van der Waals surface area contributed by atoms with Crippen LogP contribution in [0.25, 0.3) is 0 Å². The molecule has 0 saturated carbocycles. The molecule has 1 rings (SSSR count). The van der Waals surface area contributed by atoms with Crippen LogP contribution in [0.2, 0.25) is 18.1 Å². The van der Waals surface area contributed by atoms with E-state index < -0.39 is 39.0 Å². The fourth-order valence-electron chi connectivity index (χ4n) is 1.90. The summed E-state index contributed by atoms with van der Waals surface area (Å²) in [6.07, 6.45) is -2.99. The molecule has 0 aromatic rings. The van der Waals surface area contributed by atoms with Crippen molar-refractivity contribution in [3.63, 3.8) is 0 Å². The monoisotopic (exact) mass is 306 g/mol. The Morgan fingerprint density at radius 2 is 1.90 bits per heavy atom. The predicted molar refractivity (Wildman–Crippen MR) is 77.7 cm³/mol. The number of hydrogen-bond donors (Lipinski definition) is 0. The van der Waals surface area contributed by atoms with Gasteiger partial charge in [0.2, 0.25) is 0 Å². The highest BCUT2D eigenvalue weighted by Gasteiger charge is 2.44. The van der Waals surface area contributed by atoms with Crippen molar-refractivity contribution in [3.05, 3.63) is 0 Å². The molecule has 0 unspecified atom stereocenters. The summed E-state index contributed by atoms with van der Waals surface area (Å²) in [7, 11) is -2.00. The van der Waals surface area contributed by atoms with Crippen molar-refractivity contribution in [1.82, 2.24) is 0 Å². The zero-order chi connectivity index (χ0) is 15.7. The Balaban J connectivity index is 2.75. The minimum Gasteiger partial charge on any atom is -0.459 e. The Morgan fingerprint density at radius 1 is 1.35 bits per heavy atom. The van der Waals surface area contributed by atoms with E-state index in [4.69, 9.17) is 13.9 Å². The van der Waals surface area contributed by atoms with Crippen molar-refractivity contribution in [1.29, 1.82) is 0 Å². The van der Waals surface area contributed by atoms with Crippen LogP contribution in [0.3, 0.4) is 0 Å². The van der Waals surface area contributed by atoms with E-state index in [-0.39, 0.29) is 11.5 Å². The summed E-state index contributed by atoms with van der Waals surface area (Å²) >= 11 is 0. The number of esters is 1. The number of carbonyl (C=O) groups is 1. The van der Waals surface area contributed by atoms with Gasteiger partial charge in [-0.2, -0.15) is 0 Å². The fourth-order valence-corrected chi connectivity index (χ4v) is 3.06. The zero-order valence-corrected chi connectivity index (χ0v) is 14.5. The Morgan fingerprint density at radius 3 is 2.35 bits per heavy atom. The standard InChI is InChI=1S/C14H27FO4Si/c1-9-13(15)11(18-10(2)16)8-12(17-9)19-20(6,7)14(3,4)5/h9,11-13H,8H2,1-7H3/t9-,11-,12-,13+/m1/s1. The van der Waals surface area contributed by atoms with Gasteiger partial charge in [-0.05, 0) is 25.1 Å². The van der Waals surface area contributed by atoms with E-state index >= 15 is 0 Å². The van der Waals surface area contributed by atoms with Crippen molar-refractivity contribution in [2.75, 3.05) is 0 Å². The van der Waals surface area contributed by atoms with Gasteiger partial charge in [0, 0.05) is 13.3 Å². The second-order valence-electron chi connectivity index (χ2n) is 6.98. The Kier molecular flexibility index (Phi) is 5.38. The molecule has 0 aromatic carbocycles. The van der Waals surface area contributed by atoms with E-state index in [1.165, 1.54) is 6.92 Å². The van der Waals surface area contributed by atoms with Gasteiger partial charge in [-0.3, -0.25) is 4.79 Å². The summed E-state index contributed by atoms with van der Waals surface area (Å²) in [4.78, 5) is 11.1. The van der Waals surface area contributed by atoms with E-state index in [1.54, 1.807) is 6.92 Å². The van der Waals surface area contributed by atoms with Crippen LogP contribution in [0.15, 0.2) is 0 Å². The second kappa shape index (κ2) is 6.11. The van der Waals surface area contributed by atoms with Crippen molar-refractivity contribution in [2.45, 2.75) is 83.8 Å². The molecule has 6 heteroatoms. The maximum absolute atomic E-state index is 14.0. The van der Waals surface area contributed by atoms with Crippen LogP contribution in [0, 0.1) is 0 Å². The SMILES string of the molecule is CC(=O)O[C@@H]1C[C@@H](O[Si](C)(C)C(C)(C)C)O[C@H](C)[C@@H]1F. The predicted octanol–water partition coefficient (Wildman–Crippen LogP) is 3.41. The van der Waals surface area contributed by atoms with Gasteiger partial charge < -0.3 is 13.9 Å². The maximum atomic E-state index is 14.0. The van der Waals surface area contributed by atoms with E-state index in [0.29, 0.717) is 0 Å². The quantitative estimate of drug-likeness (QED) is 0.592. The molecule has 1 saturated heterocycles. The van der Waals surface area contributed by atoms with Crippen LogP contribution in [-0.4, -0.2) is 39.0 Å². The van der Waals surface area contributed by atoms with Crippen LogP contribution in [0.5, 0.6) is 0 Å². The highest BCUT2D eigenvalue weighted by molar-refractivity contribution is 6.74. The van der Waals surface area contributed by atoms with Crippen molar-refractivity contribution in [2.24, 2.45) is 0 Å². The molecule has 1 aliphatic heterocycles. The smallest absolute Gasteiger partial charge is 0.303 e. The molecule has 0 aliphatic carbocycles. The molecule has 0 aromatic heterocycles. The summed E-state index contributed by atoms with van der Waals surface area (Å²) in [5, 5.41) is 0.0447. The summed E-state index contributed by atoms with van der Waals surface area (Å²) in [6, 6.07) is 0. The van der Waals surface area contributed by atoms with Crippen molar-refractivity contribution in [3.8, 4) is 0 Å². The van der Waals surface area contributed by atoms with E-state index in [0.717, 1.165) is 0 Å². The van der Waals surface area contributed by atoms with Crippen molar-refractivity contribution >= 4 is 14.3 Å². The number of hydrogen-bond acceptors (Lipinski definition) is 4. The van der Waals surface area contributed by atoms with Crippen molar-refractivity contribution < 1.29 is 23.1 Å². The molecule has 0 bridgehead atoms. The van der Waals surface area contributed by atoms with Gasteiger partial charge in [0.25, 0.3) is 0 Å². The average Bonchev–Trinajstić information content (AvgIpc) is 2.22. The molecule has 0 spiro atoms. The molecule has 20 heavy (non-hydrogen) atoms. The number of carbonyl (C=O) groups excluding carboxylic acids is 1. The number of halogens is 1. The molecule has 1 heterocycles. The maximum Gasteiger partial charge on any atom is 0.303 e. The molecule has 0 amide bonds. The van der Waals surface area contributed by atoms with Crippen LogP contribution >= 0.6 is 0 Å². The molecular formula is C14H27FO4Si. The third-order valence-electron chi connectivity index (χ3n) is 4.14. The lowest BCUT2D eigenvalue weighted by atomic mass is 10.0.